The highest BCUT2D eigenvalue weighted by Gasteiger charge is 2.21. The summed E-state index contributed by atoms with van der Waals surface area (Å²) in [7, 11) is 0. The van der Waals surface area contributed by atoms with Crippen molar-refractivity contribution in [2.24, 2.45) is 0 Å². The summed E-state index contributed by atoms with van der Waals surface area (Å²) in [5.41, 5.74) is 0.660. The van der Waals surface area contributed by atoms with Crippen LogP contribution in [0.25, 0.3) is 0 Å². The molecule has 0 saturated heterocycles. The minimum absolute atomic E-state index is 0.130. The lowest BCUT2D eigenvalue weighted by Crippen LogP contribution is -2.25. The molecule has 2 amide bonds. The number of aryl methyl sites for hydroxylation is 1. The first-order valence-electron chi connectivity index (χ1n) is 8.06. The predicted octanol–water partition coefficient (Wildman–Crippen LogP) is 4.10. The highest BCUT2D eigenvalue weighted by Crippen LogP contribution is 2.32. The van der Waals surface area contributed by atoms with Crippen molar-refractivity contribution >= 4 is 68.7 Å². The van der Waals surface area contributed by atoms with Gasteiger partial charge in [-0.25, -0.2) is 0 Å². The monoisotopic (exact) mass is 446 g/mol. The molecule has 1 aromatic heterocycles. The number of rotatable bonds is 9. The summed E-state index contributed by atoms with van der Waals surface area (Å²) in [4.78, 5) is 37.1. The molecule has 0 aliphatic heterocycles. The van der Waals surface area contributed by atoms with E-state index in [9.17, 15) is 14.4 Å². The minimum atomic E-state index is -0.418. The van der Waals surface area contributed by atoms with E-state index in [1.54, 1.807) is 30.3 Å². The van der Waals surface area contributed by atoms with Crippen LogP contribution in [0, 0.1) is 0 Å². The molecule has 2 rings (SSSR count). The smallest absolute Gasteiger partial charge is 0.239 e. The van der Waals surface area contributed by atoms with Crippen LogP contribution in [0.4, 0.5) is 5.00 Å². The Morgan fingerprint density at radius 3 is 2.44 bits per heavy atom. The highest BCUT2D eigenvalue weighted by atomic mass is 35.5. The number of anilines is 1. The maximum atomic E-state index is 12.9. The van der Waals surface area contributed by atoms with E-state index in [0.717, 1.165) is 4.88 Å². The number of benzene rings is 1. The van der Waals surface area contributed by atoms with Crippen molar-refractivity contribution in [1.82, 2.24) is 5.32 Å². The molecule has 0 unspecified atom stereocenters. The molecule has 0 spiro atoms. The topological polar surface area (TPSA) is 75.3 Å². The van der Waals surface area contributed by atoms with Crippen molar-refractivity contribution in [2.75, 3.05) is 23.6 Å². The molecule has 1 heterocycles. The normalized spacial score (nSPS) is 10.5. The Balaban J connectivity index is 2.24. The maximum Gasteiger partial charge on any atom is 0.239 e. The van der Waals surface area contributed by atoms with Gasteiger partial charge in [-0.05, 0) is 24.6 Å². The number of carbonyl (C=O) groups excluding carboxylic acids is 3. The summed E-state index contributed by atoms with van der Waals surface area (Å²) in [6.45, 7) is 0.401. The van der Waals surface area contributed by atoms with Crippen LogP contribution in [0.15, 0.2) is 30.3 Å². The van der Waals surface area contributed by atoms with E-state index < -0.39 is 5.91 Å². The van der Waals surface area contributed by atoms with E-state index in [-0.39, 0.29) is 24.0 Å². The van der Waals surface area contributed by atoms with Crippen LogP contribution in [-0.4, -0.2) is 35.9 Å². The summed E-state index contributed by atoms with van der Waals surface area (Å²) in [5.74, 6) is -0.740. The van der Waals surface area contributed by atoms with Crippen molar-refractivity contribution < 1.29 is 14.4 Å². The molecule has 2 N–H and O–H groups in total. The van der Waals surface area contributed by atoms with E-state index in [4.69, 9.17) is 34.8 Å². The van der Waals surface area contributed by atoms with Crippen LogP contribution in [0.1, 0.15) is 27.2 Å². The van der Waals surface area contributed by atoms with Crippen molar-refractivity contribution in [1.29, 1.82) is 0 Å². The van der Waals surface area contributed by atoms with Crippen LogP contribution >= 0.6 is 46.1 Å². The summed E-state index contributed by atoms with van der Waals surface area (Å²) in [5, 5.41) is 6.04. The van der Waals surface area contributed by atoms with Crippen molar-refractivity contribution in [3.05, 3.63) is 51.4 Å². The average Bonchev–Trinajstić information content (AvgIpc) is 3.07. The lowest BCUT2D eigenvalue weighted by Gasteiger charge is -2.05. The molecule has 9 heteroatoms. The first-order valence-corrected chi connectivity index (χ1v) is 10.3. The lowest BCUT2D eigenvalue weighted by atomic mass is 10.0. The van der Waals surface area contributed by atoms with E-state index >= 15 is 0 Å². The van der Waals surface area contributed by atoms with E-state index in [1.807, 2.05) is 0 Å². The zero-order valence-electron chi connectivity index (χ0n) is 14.2. The Kier molecular flexibility index (Phi) is 8.57. The number of hydrogen-bond donors (Lipinski definition) is 2. The van der Waals surface area contributed by atoms with Crippen molar-refractivity contribution in [3.63, 3.8) is 0 Å². The Labute approximate surface area is 176 Å². The molecule has 0 aliphatic carbocycles. The Bertz CT molecular complexity index is 839. The molecule has 5 nitrogen and oxygen atoms in total. The van der Waals surface area contributed by atoms with Crippen molar-refractivity contribution in [2.45, 2.75) is 12.8 Å². The van der Waals surface area contributed by atoms with Gasteiger partial charge in [0.25, 0.3) is 0 Å². The number of nitrogens with one attached hydrogen (secondary N) is 2. The zero-order valence-corrected chi connectivity index (χ0v) is 17.3. The number of carbonyl (C=O) groups is 3. The molecule has 27 heavy (non-hydrogen) atoms. The van der Waals surface area contributed by atoms with Gasteiger partial charge < -0.3 is 10.6 Å². The molecule has 0 atom stereocenters. The third kappa shape index (κ3) is 6.21. The van der Waals surface area contributed by atoms with Crippen LogP contribution in [0.5, 0.6) is 0 Å². The largest absolute Gasteiger partial charge is 0.355 e. The first-order chi connectivity index (χ1) is 13.0. The Hall–Kier alpha value is -1.60. The van der Waals surface area contributed by atoms with Crippen LogP contribution in [0.2, 0.25) is 5.02 Å². The second-order valence-corrected chi connectivity index (χ2v) is 7.67. The van der Waals surface area contributed by atoms with Crippen LogP contribution < -0.4 is 10.6 Å². The fraction of sp³-hybridized carbons (Fsp3) is 0.278. The summed E-state index contributed by atoms with van der Waals surface area (Å²) in [6, 6.07) is 8.36. The Morgan fingerprint density at radius 1 is 1.04 bits per heavy atom. The quantitative estimate of drug-likeness (QED) is 0.449. The van der Waals surface area contributed by atoms with Crippen LogP contribution in [0.3, 0.4) is 0 Å². The molecule has 0 saturated carbocycles. The number of ketones is 1. The van der Waals surface area contributed by atoms with Gasteiger partial charge in [0.05, 0.1) is 10.6 Å². The van der Waals surface area contributed by atoms with Gasteiger partial charge in [-0.2, -0.15) is 0 Å². The standard InChI is InChI=1S/C18H17Cl3N2O3S/c19-7-8-22-15(24)6-5-11-9-13(18(27-11)23-16(25)10-20)17(26)12-3-1-2-4-14(12)21/h1-4,9H,5-8,10H2,(H,22,24)(H,23,25). The van der Waals surface area contributed by atoms with E-state index in [0.29, 0.717) is 40.0 Å². The Morgan fingerprint density at radius 2 is 1.78 bits per heavy atom. The molecule has 2 aromatic rings. The van der Waals surface area contributed by atoms with Gasteiger partial charge in [0.1, 0.15) is 10.9 Å². The van der Waals surface area contributed by atoms with E-state index in [2.05, 4.69) is 10.6 Å². The summed E-state index contributed by atoms with van der Waals surface area (Å²) in [6.07, 6.45) is 0.679. The number of amides is 2. The second kappa shape index (κ2) is 10.7. The zero-order chi connectivity index (χ0) is 19.8. The lowest BCUT2D eigenvalue weighted by molar-refractivity contribution is -0.121. The van der Waals surface area contributed by atoms with Gasteiger partial charge in [-0.3, -0.25) is 14.4 Å². The third-order valence-corrected chi connectivity index (χ3v) is 5.41. The van der Waals surface area contributed by atoms with E-state index in [1.165, 1.54) is 11.3 Å². The summed E-state index contributed by atoms with van der Waals surface area (Å²) >= 11 is 18.5. The molecule has 0 bridgehead atoms. The van der Waals surface area contributed by atoms with Gasteiger partial charge in [-0.1, -0.05) is 23.7 Å². The maximum absolute atomic E-state index is 12.9. The predicted molar refractivity (Wildman–Crippen MR) is 111 cm³/mol. The molecule has 144 valence electrons. The molecule has 0 radical (unpaired) electrons. The molecule has 1 aromatic carbocycles. The molecular weight excluding hydrogens is 431 g/mol. The highest BCUT2D eigenvalue weighted by molar-refractivity contribution is 7.16. The van der Waals surface area contributed by atoms with Gasteiger partial charge in [0, 0.05) is 29.3 Å². The van der Waals surface area contributed by atoms with Gasteiger partial charge in [0.15, 0.2) is 5.78 Å². The second-order valence-electron chi connectivity index (χ2n) is 5.49. The SMILES string of the molecule is O=C(CCc1cc(C(=O)c2ccccc2Cl)c(NC(=O)CCl)s1)NCCCl. The fourth-order valence-electron chi connectivity index (χ4n) is 2.29. The van der Waals surface area contributed by atoms with Crippen LogP contribution in [-0.2, 0) is 16.0 Å². The van der Waals surface area contributed by atoms with Crippen molar-refractivity contribution in [3.8, 4) is 0 Å². The number of alkyl halides is 2. The minimum Gasteiger partial charge on any atom is -0.355 e. The third-order valence-electron chi connectivity index (χ3n) is 3.54. The average molecular weight is 448 g/mol. The molecule has 0 fully saturated rings. The first kappa shape index (κ1) is 21.7. The number of halogens is 3. The number of hydrogen-bond acceptors (Lipinski definition) is 4. The van der Waals surface area contributed by atoms with Gasteiger partial charge >= 0.3 is 0 Å². The van der Waals surface area contributed by atoms with Gasteiger partial charge in [0.2, 0.25) is 11.8 Å². The summed E-state index contributed by atoms with van der Waals surface area (Å²) < 4.78 is 0. The molecular formula is C18H17Cl3N2O3S. The fourth-order valence-corrected chi connectivity index (χ4v) is 3.74. The number of thiophene rings is 1. The van der Waals surface area contributed by atoms with Gasteiger partial charge in [-0.15, -0.1) is 34.5 Å². The molecule has 0 aliphatic rings.